The quantitative estimate of drug-likeness (QED) is 0.550. The van der Waals surface area contributed by atoms with Gasteiger partial charge in [-0.3, -0.25) is 9.59 Å². The molecular weight excluding hydrogens is 424 g/mol. The largest absolute Gasteiger partial charge is 0.481 e. The molecule has 2 N–H and O–H groups in total. The Kier molecular flexibility index (Phi) is 4.25. The van der Waals surface area contributed by atoms with E-state index in [1.165, 1.54) is 0 Å². The smallest absolute Gasteiger partial charge is 0.309 e. The maximum absolute atomic E-state index is 13.5. The lowest BCUT2D eigenvalue weighted by Gasteiger charge is -2.35. The van der Waals surface area contributed by atoms with Gasteiger partial charge in [0.25, 0.3) is 5.91 Å². The zero-order valence-electron chi connectivity index (χ0n) is 17.7. The molecule has 1 atom stereocenters. The number of halogens is 1. The van der Waals surface area contributed by atoms with Gasteiger partial charge in [-0.2, -0.15) is 0 Å². The summed E-state index contributed by atoms with van der Waals surface area (Å²) in [5.41, 5.74) is 1.94. The van der Waals surface area contributed by atoms with E-state index in [1.807, 2.05) is 54.7 Å². The number of para-hydroxylation sites is 1. The van der Waals surface area contributed by atoms with Crippen LogP contribution in [-0.2, 0) is 11.3 Å². The summed E-state index contributed by atoms with van der Waals surface area (Å²) in [6.07, 6.45) is 6.14. The normalized spacial score (nSPS) is 27.2. The highest BCUT2D eigenvalue weighted by atomic mass is 35.5. The first kappa shape index (κ1) is 19.9. The molecule has 2 bridgehead atoms. The topological polar surface area (TPSA) is 71.3 Å². The summed E-state index contributed by atoms with van der Waals surface area (Å²) in [7, 11) is 0. The van der Waals surface area contributed by atoms with Gasteiger partial charge < -0.3 is 15.0 Å². The number of carboxylic acid groups (broad SMARTS) is 1. The third kappa shape index (κ3) is 2.98. The number of carboxylic acids is 1. The molecule has 5 nitrogen and oxygen atoms in total. The molecule has 4 aliphatic rings. The van der Waals surface area contributed by atoms with Crippen LogP contribution in [0.5, 0.6) is 0 Å². The number of fused-ring (bicyclic) bond motifs is 2. The Hall–Kier alpha value is -2.79. The summed E-state index contributed by atoms with van der Waals surface area (Å²) in [4.78, 5) is 25.2. The molecule has 4 saturated carbocycles. The van der Waals surface area contributed by atoms with Gasteiger partial charge in [-0.1, -0.05) is 35.9 Å². The fourth-order valence-electron chi connectivity index (χ4n) is 6.27. The molecule has 0 saturated heterocycles. The highest BCUT2D eigenvalue weighted by Gasteiger charge is 2.68. The number of carbonyl (C=O) groups is 2. The minimum atomic E-state index is -0.664. The first-order valence-corrected chi connectivity index (χ1v) is 11.7. The van der Waals surface area contributed by atoms with E-state index in [0.29, 0.717) is 29.5 Å². The Balaban J connectivity index is 1.27. The van der Waals surface area contributed by atoms with E-state index >= 15 is 0 Å². The van der Waals surface area contributed by atoms with Gasteiger partial charge >= 0.3 is 5.97 Å². The van der Waals surface area contributed by atoms with Gasteiger partial charge in [-0.05, 0) is 73.8 Å². The van der Waals surface area contributed by atoms with Crippen LogP contribution < -0.4 is 5.32 Å². The molecule has 0 aliphatic heterocycles. The molecule has 0 radical (unpaired) electrons. The second-order valence-electron chi connectivity index (χ2n) is 9.99. The molecular formula is C26H25ClN2O3. The van der Waals surface area contributed by atoms with Gasteiger partial charge in [0.15, 0.2) is 0 Å². The van der Waals surface area contributed by atoms with Crippen molar-refractivity contribution in [1.29, 1.82) is 0 Å². The molecule has 4 aliphatic carbocycles. The molecule has 1 unspecified atom stereocenters. The summed E-state index contributed by atoms with van der Waals surface area (Å²) in [6.45, 7) is 0.655. The van der Waals surface area contributed by atoms with Gasteiger partial charge in [-0.25, -0.2) is 0 Å². The van der Waals surface area contributed by atoms with Crippen molar-refractivity contribution in [3.63, 3.8) is 0 Å². The van der Waals surface area contributed by atoms with Crippen LogP contribution in [0.3, 0.4) is 0 Å². The van der Waals surface area contributed by atoms with Crippen molar-refractivity contribution in [2.45, 2.75) is 44.2 Å². The van der Waals surface area contributed by atoms with Crippen LogP contribution in [0, 0.1) is 17.3 Å². The van der Waals surface area contributed by atoms with Crippen LogP contribution >= 0.6 is 11.6 Å². The predicted octanol–water partition coefficient (Wildman–Crippen LogP) is 5.11. The Morgan fingerprint density at radius 3 is 2.47 bits per heavy atom. The van der Waals surface area contributed by atoms with E-state index in [4.69, 9.17) is 11.6 Å². The maximum atomic E-state index is 13.5. The van der Waals surface area contributed by atoms with Crippen LogP contribution in [0.4, 0.5) is 0 Å². The lowest BCUT2D eigenvalue weighted by Crippen LogP contribution is -2.43. The Morgan fingerprint density at radius 2 is 1.81 bits per heavy atom. The van der Waals surface area contributed by atoms with Crippen LogP contribution in [-0.4, -0.2) is 27.1 Å². The second-order valence-corrected chi connectivity index (χ2v) is 10.4. The number of nitrogens with zero attached hydrogens (tertiary/aromatic N) is 1. The van der Waals surface area contributed by atoms with E-state index in [2.05, 4.69) is 9.88 Å². The van der Waals surface area contributed by atoms with E-state index in [0.717, 1.165) is 42.1 Å². The summed E-state index contributed by atoms with van der Waals surface area (Å²) in [5.74, 6) is -0.0122. The number of carbonyl (C=O) groups excluding carboxylic acids is 1. The lowest BCUT2D eigenvalue weighted by molar-refractivity contribution is -0.153. The average molecular weight is 449 g/mol. The Bertz CT molecular complexity index is 1240. The molecule has 1 amide bonds. The van der Waals surface area contributed by atoms with Crippen molar-refractivity contribution in [2.24, 2.45) is 17.3 Å². The summed E-state index contributed by atoms with van der Waals surface area (Å²) < 4.78 is 2.11. The number of amides is 1. The number of benzene rings is 2. The average Bonchev–Trinajstić information content (AvgIpc) is 3.12. The fraction of sp³-hybridized carbons (Fsp3) is 0.385. The van der Waals surface area contributed by atoms with Crippen LogP contribution in [0.15, 0.2) is 54.7 Å². The van der Waals surface area contributed by atoms with Gasteiger partial charge in [0.2, 0.25) is 0 Å². The molecule has 1 heterocycles. The van der Waals surface area contributed by atoms with Gasteiger partial charge in [-0.15, -0.1) is 0 Å². The minimum absolute atomic E-state index is 0.0577. The zero-order chi connectivity index (χ0) is 22.1. The molecule has 7 rings (SSSR count). The van der Waals surface area contributed by atoms with Crippen molar-refractivity contribution in [1.82, 2.24) is 9.88 Å². The van der Waals surface area contributed by atoms with Crippen molar-refractivity contribution >= 4 is 34.4 Å². The molecule has 4 fully saturated rings. The summed E-state index contributed by atoms with van der Waals surface area (Å²) in [6, 6.07) is 15.6. The van der Waals surface area contributed by atoms with Crippen LogP contribution in [0.25, 0.3) is 10.9 Å². The number of nitrogens with one attached hydrogen (secondary N) is 1. The van der Waals surface area contributed by atoms with Crippen LogP contribution in [0.2, 0.25) is 5.02 Å². The van der Waals surface area contributed by atoms with E-state index in [-0.39, 0.29) is 17.4 Å². The molecule has 3 aromatic rings. The molecule has 0 spiro atoms. The minimum Gasteiger partial charge on any atom is -0.481 e. The first-order chi connectivity index (χ1) is 15.4. The van der Waals surface area contributed by atoms with Gasteiger partial charge in [0.05, 0.1) is 16.5 Å². The highest BCUT2D eigenvalue weighted by molar-refractivity contribution is 6.30. The molecule has 164 valence electrons. The molecule has 2 aromatic carbocycles. The monoisotopic (exact) mass is 448 g/mol. The van der Waals surface area contributed by atoms with Gasteiger partial charge in [0, 0.05) is 28.7 Å². The maximum Gasteiger partial charge on any atom is 0.309 e. The molecule has 1 aromatic heterocycles. The Labute approximate surface area is 191 Å². The SMILES string of the molecule is O=C(NC1(C2CC3(C(=O)O)CC2C3)CC1)c1cccc2ccn(Cc3ccc(Cl)cc3)c12. The highest BCUT2D eigenvalue weighted by Crippen LogP contribution is 2.68. The number of hydrogen-bond acceptors (Lipinski definition) is 2. The number of aliphatic carboxylic acids is 1. The van der Waals surface area contributed by atoms with Gasteiger partial charge in [0.1, 0.15) is 0 Å². The van der Waals surface area contributed by atoms with Crippen molar-refractivity contribution in [2.75, 3.05) is 0 Å². The number of rotatable bonds is 6. The van der Waals surface area contributed by atoms with Crippen LogP contribution in [0.1, 0.15) is 48.0 Å². The Morgan fingerprint density at radius 1 is 1.06 bits per heavy atom. The molecule has 6 heteroatoms. The van der Waals surface area contributed by atoms with Crippen molar-refractivity contribution in [3.05, 3.63) is 70.9 Å². The first-order valence-electron chi connectivity index (χ1n) is 11.3. The molecule has 32 heavy (non-hydrogen) atoms. The third-order valence-electron chi connectivity index (χ3n) is 8.10. The van der Waals surface area contributed by atoms with Crippen molar-refractivity contribution in [3.8, 4) is 0 Å². The standard InChI is InChI=1S/C26H25ClN2O3/c27-19-6-4-16(5-7-19)15-29-11-8-17-2-1-3-20(22(17)29)23(30)28-26(9-10-26)21-14-25(24(31)32)12-18(21)13-25/h1-8,11,18,21H,9-10,12-15H2,(H,28,30)(H,31,32). The third-order valence-corrected chi connectivity index (χ3v) is 8.35. The summed E-state index contributed by atoms with van der Waals surface area (Å²) >= 11 is 6.02. The summed E-state index contributed by atoms with van der Waals surface area (Å²) in [5, 5.41) is 14.7. The predicted molar refractivity (Wildman–Crippen MR) is 123 cm³/mol. The number of hydrogen-bond donors (Lipinski definition) is 2. The fourth-order valence-corrected chi connectivity index (χ4v) is 6.40. The van der Waals surface area contributed by atoms with Crippen molar-refractivity contribution < 1.29 is 14.7 Å². The van der Waals surface area contributed by atoms with E-state index in [1.54, 1.807) is 0 Å². The lowest BCUT2D eigenvalue weighted by atomic mass is 9.69. The second kappa shape index (κ2) is 6.85. The van der Waals surface area contributed by atoms with E-state index < -0.39 is 11.4 Å². The number of aromatic nitrogens is 1. The zero-order valence-corrected chi connectivity index (χ0v) is 18.4. The van der Waals surface area contributed by atoms with E-state index in [9.17, 15) is 14.7 Å².